The van der Waals surface area contributed by atoms with Crippen molar-refractivity contribution in [2.75, 3.05) is 24.0 Å². The molecular formula is C25H23Cl3N2O7S2. The van der Waals surface area contributed by atoms with Crippen molar-refractivity contribution in [3.8, 4) is 16.2 Å². The Bertz CT molecular complexity index is 1510. The zero-order chi connectivity index (χ0) is 28.3. The van der Waals surface area contributed by atoms with E-state index in [0.29, 0.717) is 52.6 Å². The molecule has 1 aliphatic heterocycles. The highest BCUT2D eigenvalue weighted by molar-refractivity contribution is 7.92. The number of ether oxygens (including phenoxy) is 1. The Morgan fingerprint density at radius 1 is 1.05 bits per heavy atom. The van der Waals surface area contributed by atoms with Gasteiger partial charge in [0.1, 0.15) is 5.02 Å². The van der Waals surface area contributed by atoms with E-state index in [0.717, 1.165) is 11.3 Å². The minimum Gasteiger partial charge on any atom is -0.479 e. The first-order valence-electron chi connectivity index (χ1n) is 11.6. The van der Waals surface area contributed by atoms with Gasteiger partial charge in [0.15, 0.2) is 17.2 Å². The van der Waals surface area contributed by atoms with Crippen LogP contribution in [0.3, 0.4) is 0 Å². The van der Waals surface area contributed by atoms with Crippen molar-refractivity contribution in [1.82, 2.24) is 5.32 Å². The summed E-state index contributed by atoms with van der Waals surface area (Å²) < 4.78 is 34.3. The van der Waals surface area contributed by atoms with Crippen molar-refractivity contribution in [2.24, 2.45) is 0 Å². The van der Waals surface area contributed by atoms with E-state index in [1.165, 1.54) is 10.4 Å². The molecular weight excluding hydrogens is 611 g/mol. The number of aliphatic carboxylic acids is 1. The topological polar surface area (TPSA) is 133 Å². The summed E-state index contributed by atoms with van der Waals surface area (Å²) in [5, 5.41) is 22.3. The molecule has 0 unspecified atom stereocenters. The number of carbonyl (C=O) groups is 2. The van der Waals surface area contributed by atoms with Crippen LogP contribution in [0.4, 0.5) is 5.69 Å². The fourth-order valence-electron chi connectivity index (χ4n) is 4.32. The number of carboxylic acid groups (broad SMARTS) is 2. The molecule has 0 aliphatic carbocycles. The lowest BCUT2D eigenvalue weighted by atomic mass is 10.1. The predicted molar refractivity (Wildman–Crippen MR) is 152 cm³/mol. The van der Waals surface area contributed by atoms with Crippen LogP contribution < -0.4 is 14.4 Å². The number of halogens is 3. The first-order chi connectivity index (χ1) is 18.5. The van der Waals surface area contributed by atoms with E-state index in [-0.39, 0.29) is 32.5 Å². The minimum atomic E-state index is -3.91. The summed E-state index contributed by atoms with van der Waals surface area (Å²) in [7, 11) is -3.91. The molecule has 9 nitrogen and oxygen atoms in total. The third-order valence-corrected chi connectivity index (χ3v) is 10.2. The van der Waals surface area contributed by atoms with E-state index in [9.17, 15) is 23.1 Å². The van der Waals surface area contributed by atoms with Crippen LogP contribution in [0, 0.1) is 0 Å². The van der Waals surface area contributed by atoms with Gasteiger partial charge in [-0.15, -0.1) is 11.3 Å². The molecule has 1 aromatic heterocycles. The van der Waals surface area contributed by atoms with Crippen molar-refractivity contribution in [3.05, 3.63) is 68.0 Å². The molecule has 1 aliphatic rings. The SMILES string of the molecule is O=C(O)COc1c(C(=O)O)sc(-c2cccc(N(C3CCNCC3)S(=O)(=O)Cc3ccc(Cl)c(Cl)c3)c2)c1Cl. The Balaban J connectivity index is 1.76. The molecule has 0 spiro atoms. The zero-order valence-corrected chi connectivity index (χ0v) is 24.1. The Morgan fingerprint density at radius 2 is 1.77 bits per heavy atom. The average Bonchev–Trinajstić information content (AvgIpc) is 3.22. The van der Waals surface area contributed by atoms with Gasteiger partial charge in [-0.3, -0.25) is 4.31 Å². The third-order valence-electron chi connectivity index (χ3n) is 5.98. The summed E-state index contributed by atoms with van der Waals surface area (Å²) in [6, 6.07) is 11.0. The number of rotatable bonds is 10. The van der Waals surface area contributed by atoms with Gasteiger partial charge in [-0.1, -0.05) is 53.0 Å². The fraction of sp³-hybridized carbons (Fsp3) is 0.280. The molecule has 0 bridgehead atoms. The molecule has 0 amide bonds. The van der Waals surface area contributed by atoms with Crippen LogP contribution in [-0.2, 0) is 20.6 Å². The van der Waals surface area contributed by atoms with Crippen molar-refractivity contribution in [1.29, 1.82) is 0 Å². The van der Waals surface area contributed by atoms with Gasteiger partial charge in [-0.25, -0.2) is 18.0 Å². The summed E-state index contributed by atoms with van der Waals surface area (Å²) in [5.74, 6) is -3.18. The quantitative estimate of drug-likeness (QED) is 0.262. The standard InChI is InChI=1S/C25H23Cl3N2O7S2/c26-18-5-4-14(10-19(18)27)13-39(35,36)30(16-6-8-29-9-7-16)17-3-1-2-15(11-17)23-21(28)22(37-12-20(31)32)24(38-23)25(33)34/h1-5,10-11,16,29H,6-9,12-13H2,(H,31,32)(H,33,34). The number of hydrogen-bond donors (Lipinski definition) is 3. The second-order valence-electron chi connectivity index (χ2n) is 8.72. The Hall–Kier alpha value is -2.54. The van der Waals surface area contributed by atoms with Gasteiger partial charge in [-0.05, 0) is 61.3 Å². The average molecular weight is 634 g/mol. The maximum absolute atomic E-state index is 13.9. The van der Waals surface area contributed by atoms with Crippen LogP contribution in [-0.4, -0.2) is 56.3 Å². The molecule has 0 atom stereocenters. The first kappa shape index (κ1) is 29.4. The van der Waals surface area contributed by atoms with Crippen molar-refractivity contribution >= 4 is 73.8 Å². The largest absolute Gasteiger partial charge is 0.479 e. The highest BCUT2D eigenvalue weighted by atomic mass is 35.5. The number of aromatic carboxylic acids is 1. The molecule has 0 saturated carbocycles. The number of thiophene rings is 1. The third kappa shape index (κ3) is 6.79. The summed E-state index contributed by atoms with van der Waals surface area (Å²) in [6.45, 7) is 0.519. The molecule has 2 aromatic carbocycles. The molecule has 3 N–H and O–H groups in total. The second kappa shape index (κ2) is 12.3. The monoisotopic (exact) mass is 632 g/mol. The van der Waals surface area contributed by atoms with E-state index in [2.05, 4.69) is 5.32 Å². The number of carboxylic acids is 2. The minimum absolute atomic E-state index is 0.0668. The molecule has 14 heteroatoms. The van der Waals surface area contributed by atoms with E-state index < -0.39 is 28.6 Å². The normalized spacial score (nSPS) is 14.2. The van der Waals surface area contributed by atoms with Crippen LogP contribution in [0.1, 0.15) is 28.1 Å². The Labute approximate surface area is 243 Å². The van der Waals surface area contributed by atoms with Gasteiger partial charge in [-0.2, -0.15) is 0 Å². The first-order valence-corrected chi connectivity index (χ1v) is 15.2. The number of piperidine rings is 1. The lowest BCUT2D eigenvalue weighted by Gasteiger charge is -2.35. The van der Waals surface area contributed by atoms with Crippen molar-refractivity contribution < 1.29 is 33.0 Å². The Kier molecular flexibility index (Phi) is 9.30. The summed E-state index contributed by atoms with van der Waals surface area (Å²) in [6.07, 6.45) is 1.17. The number of sulfonamides is 1. The van der Waals surface area contributed by atoms with E-state index in [1.54, 1.807) is 36.4 Å². The number of nitrogens with one attached hydrogen (secondary N) is 1. The van der Waals surface area contributed by atoms with Gasteiger partial charge < -0.3 is 20.3 Å². The number of anilines is 1. The second-order valence-corrected chi connectivity index (χ2v) is 12.8. The van der Waals surface area contributed by atoms with Gasteiger partial charge in [0.25, 0.3) is 0 Å². The van der Waals surface area contributed by atoms with Gasteiger partial charge in [0.2, 0.25) is 10.0 Å². The Morgan fingerprint density at radius 3 is 2.41 bits per heavy atom. The van der Waals surface area contributed by atoms with E-state index >= 15 is 0 Å². The van der Waals surface area contributed by atoms with Crippen molar-refractivity contribution in [3.63, 3.8) is 0 Å². The van der Waals surface area contributed by atoms with Gasteiger partial charge >= 0.3 is 11.9 Å². The van der Waals surface area contributed by atoms with E-state index in [1.807, 2.05) is 0 Å². The van der Waals surface area contributed by atoms with Crippen LogP contribution >= 0.6 is 46.1 Å². The summed E-state index contributed by atoms with van der Waals surface area (Å²) in [4.78, 5) is 22.8. The van der Waals surface area contributed by atoms with E-state index in [4.69, 9.17) is 44.6 Å². The molecule has 4 rings (SSSR count). The maximum atomic E-state index is 13.9. The smallest absolute Gasteiger partial charge is 0.349 e. The molecule has 1 fully saturated rings. The number of hydrogen-bond acceptors (Lipinski definition) is 7. The number of nitrogens with zero attached hydrogens (tertiary/aromatic N) is 1. The lowest BCUT2D eigenvalue weighted by molar-refractivity contribution is -0.139. The molecule has 208 valence electrons. The highest BCUT2D eigenvalue weighted by Crippen LogP contribution is 2.46. The zero-order valence-electron chi connectivity index (χ0n) is 20.2. The highest BCUT2D eigenvalue weighted by Gasteiger charge is 2.32. The van der Waals surface area contributed by atoms with Crippen LogP contribution in [0.15, 0.2) is 42.5 Å². The molecule has 2 heterocycles. The van der Waals surface area contributed by atoms with Gasteiger partial charge in [0.05, 0.1) is 26.4 Å². The van der Waals surface area contributed by atoms with Crippen LogP contribution in [0.25, 0.3) is 10.4 Å². The van der Waals surface area contributed by atoms with Crippen LogP contribution in [0.5, 0.6) is 5.75 Å². The fourth-order valence-corrected chi connectivity index (χ4v) is 7.88. The van der Waals surface area contributed by atoms with Gasteiger partial charge in [0, 0.05) is 6.04 Å². The predicted octanol–water partition coefficient (Wildman–Crippen LogP) is 5.63. The molecule has 3 aromatic rings. The maximum Gasteiger partial charge on any atom is 0.349 e. The molecule has 0 radical (unpaired) electrons. The lowest BCUT2D eigenvalue weighted by Crippen LogP contribution is -2.46. The number of benzene rings is 2. The van der Waals surface area contributed by atoms with Crippen molar-refractivity contribution in [2.45, 2.75) is 24.6 Å². The molecule has 1 saturated heterocycles. The molecule has 39 heavy (non-hydrogen) atoms. The summed E-state index contributed by atoms with van der Waals surface area (Å²) >= 11 is 19.4. The van der Waals surface area contributed by atoms with Crippen LogP contribution in [0.2, 0.25) is 15.1 Å². The summed E-state index contributed by atoms with van der Waals surface area (Å²) in [5.41, 5.74) is 1.32.